The van der Waals surface area contributed by atoms with Crippen molar-refractivity contribution in [3.63, 3.8) is 0 Å². The first-order valence-corrected chi connectivity index (χ1v) is 10.9. The monoisotopic (exact) mass is 430 g/mol. The van der Waals surface area contributed by atoms with Gasteiger partial charge in [0.15, 0.2) is 5.16 Å². The molecule has 3 aromatic carbocycles. The Morgan fingerprint density at radius 3 is 2.13 bits per heavy atom. The van der Waals surface area contributed by atoms with E-state index in [1.54, 1.807) is 0 Å². The normalized spacial score (nSPS) is 10.7. The fourth-order valence-electron chi connectivity index (χ4n) is 3.06. The molecule has 0 saturated heterocycles. The number of carbonyl (C=O) groups excluding carboxylic acids is 1. The van der Waals surface area contributed by atoms with Crippen molar-refractivity contribution in [1.29, 1.82) is 0 Å². The van der Waals surface area contributed by atoms with Crippen LogP contribution in [0.2, 0.25) is 0 Å². The molecule has 0 aliphatic rings. The van der Waals surface area contributed by atoms with Crippen molar-refractivity contribution in [3.8, 4) is 5.69 Å². The molecular weight excluding hydrogens is 408 g/mol. The molecule has 0 radical (unpaired) electrons. The van der Waals surface area contributed by atoms with Gasteiger partial charge in [-0.25, -0.2) is 5.48 Å². The predicted molar refractivity (Wildman–Crippen MR) is 121 cm³/mol. The molecule has 0 fully saturated rings. The molecule has 1 N–H and O–H groups in total. The van der Waals surface area contributed by atoms with Crippen molar-refractivity contribution in [2.24, 2.45) is 0 Å². The highest BCUT2D eigenvalue weighted by atomic mass is 32.2. The molecule has 4 rings (SSSR count). The number of aromatic nitrogens is 3. The molecular formula is C24H22N4O2S. The predicted octanol–water partition coefficient (Wildman–Crippen LogP) is 4.20. The van der Waals surface area contributed by atoms with E-state index in [4.69, 9.17) is 4.84 Å². The number of para-hydroxylation sites is 1. The first-order chi connectivity index (χ1) is 15.3. The van der Waals surface area contributed by atoms with Crippen molar-refractivity contribution in [3.05, 3.63) is 108 Å². The van der Waals surface area contributed by atoms with E-state index >= 15 is 0 Å². The molecule has 1 heterocycles. The summed E-state index contributed by atoms with van der Waals surface area (Å²) in [6, 6.07) is 29.7. The van der Waals surface area contributed by atoms with Crippen LogP contribution in [0.5, 0.6) is 0 Å². The van der Waals surface area contributed by atoms with Crippen LogP contribution >= 0.6 is 11.8 Å². The first-order valence-electron chi connectivity index (χ1n) is 9.90. The number of rotatable bonds is 9. The zero-order chi connectivity index (χ0) is 21.3. The van der Waals surface area contributed by atoms with Crippen LogP contribution in [0.3, 0.4) is 0 Å². The molecule has 0 spiro atoms. The molecule has 1 aromatic heterocycles. The van der Waals surface area contributed by atoms with E-state index in [1.165, 1.54) is 11.8 Å². The van der Waals surface area contributed by atoms with Gasteiger partial charge in [-0.1, -0.05) is 90.6 Å². The van der Waals surface area contributed by atoms with Crippen LogP contribution in [-0.4, -0.2) is 26.4 Å². The van der Waals surface area contributed by atoms with Crippen LogP contribution in [0.1, 0.15) is 17.0 Å². The Labute approximate surface area is 185 Å². The van der Waals surface area contributed by atoms with Gasteiger partial charge in [-0.15, -0.1) is 10.2 Å². The maximum absolute atomic E-state index is 12.2. The van der Waals surface area contributed by atoms with E-state index < -0.39 is 0 Å². The number of benzene rings is 3. The van der Waals surface area contributed by atoms with E-state index in [9.17, 15) is 4.79 Å². The summed E-state index contributed by atoms with van der Waals surface area (Å²) >= 11 is 1.32. The smallest absolute Gasteiger partial charge is 0.254 e. The molecule has 31 heavy (non-hydrogen) atoms. The molecule has 7 heteroatoms. The van der Waals surface area contributed by atoms with Crippen LogP contribution in [0, 0.1) is 0 Å². The lowest BCUT2D eigenvalue weighted by molar-refractivity contribution is -0.131. The van der Waals surface area contributed by atoms with Crippen molar-refractivity contribution >= 4 is 17.7 Å². The van der Waals surface area contributed by atoms with E-state index in [0.29, 0.717) is 18.2 Å². The fourth-order valence-corrected chi connectivity index (χ4v) is 3.81. The number of carbonyl (C=O) groups is 1. The van der Waals surface area contributed by atoms with Crippen molar-refractivity contribution in [2.75, 3.05) is 5.75 Å². The second-order valence-electron chi connectivity index (χ2n) is 6.82. The Balaban J connectivity index is 1.42. The molecule has 0 bridgehead atoms. The van der Waals surface area contributed by atoms with Crippen LogP contribution < -0.4 is 5.48 Å². The first kappa shape index (κ1) is 20.8. The summed E-state index contributed by atoms with van der Waals surface area (Å²) in [5, 5.41) is 9.40. The molecule has 1 amide bonds. The third-order valence-corrected chi connectivity index (χ3v) is 5.45. The summed E-state index contributed by atoms with van der Waals surface area (Å²) in [6.45, 7) is 0.318. The van der Waals surface area contributed by atoms with Gasteiger partial charge in [0, 0.05) is 12.1 Å². The molecule has 0 unspecified atom stereocenters. The minimum absolute atomic E-state index is 0.172. The summed E-state index contributed by atoms with van der Waals surface area (Å²) in [7, 11) is 0. The highest BCUT2D eigenvalue weighted by Crippen LogP contribution is 2.23. The summed E-state index contributed by atoms with van der Waals surface area (Å²) in [5.41, 5.74) is 5.59. The molecule has 4 aromatic rings. The van der Waals surface area contributed by atoms with Gasteiger partial charge >= 0.3 is 0 Å². The quantitative estimate of drug-likeness (QED) is 0.318. The van der Waals surface area contributed by atoms with Crippen LogP contribution in [0.15, 0.2) is 96.2 Å². The molecule has 0 aliphatic heterocycles. The fraction of sp³-hybridized carbons (Fsp3) is 0.125. The Bertz CT molecular complexity index is 1100. The molecule has 156 valence electrons. The summed E-state index contributed by atoms with van der Waals surface area (Å²) in [5.74, 6) is 0.763. The summed E-state index contributed by atoms with van der Waals surface area (Å²) in [6.07, 6.45) is 0.648. The van der Waals surface area contributed by atoms with E-state index in [1.807, 2.05) is 83.4 Å². The highest BCUT2D eigenvalue weighted by molar-refractivity contribution is 7.99. The Morgan fingerprint density at radius 1 is 0.839 bits per heavy atom. The minimum atomic E-state index is -0.229. The van der Waals surface area contributed by atoms with Gasteiger partial charge in [-0.2, -0.15) is 0 Å². The average Bonchev–Trinajstić information content (AvgIpc) is 3.22. The zero-order valence-electron chi connectivity index (χ0n) is 16.8. The largest absolute Gasteiger partial charge is 0.274 e. The number of amides is 1. The molecule has 0 atom stereocenters. The molecule has 6 nitrogen and oxygen atoms in total. The number of hydroxylamine groups is 1. The van der Waals surface area contributed by atoms with Gasteiger partial charge in [0.1, 0.15) is 5.82 Å². The lowest BCUT2D eigenvalue weighted by atomic mass is 10.1. The van der Waals surface area contributed by atoms with Gasteiger partial charge in [-0.05, 0) is 23.3 Å². The van der Waals surface area contributed by atoms with Gasteiger partial charge in [-0.3, -0.25) is 14.2 Å². The van der Waals surface area contributed by atoms with Crippen molar-refractivity contribution in [2.45, 2.75) is 18.2 Å². The Hall–Kier alpha value is -3.42. The average molecular weight is 431 g/mol. The third kappa shape index (κ3) is 5.81. The maximum Gasteiger partial charge on any atom is 0.254 e. The molecule has 0 aliphatic carbocycles. The van der Waals surface area contributed by atoms with E-state index in [-0.39, 0.29) is 11.7 Å². The minimum Gasteiger partial charge on any atom is -0.274 e. The second-order valence-corrected chi connectivity index (χ2v) is 7.76. The molecule has 0 saturated carbocycles. The standard InChI is InChI=1S/C24H22N4O2S/c29-23(27-30-17-20-12-6-2-7-13-20)18-31-24-26-25-22(16-19-10-4-1-5-11-19)28(24)21-14-8-3-9-15-21/h1-15H,16-18H2,(H,27,29). The van der Waals surface area contributed by atoms with E-state index in [0.717, 1.165) is 22.6 Å². The summed E-state index contributed by atoms with van der Waals surface area (Å²) in [4.78, 5) is 17.6. The van der Waals surface area contributed by atoms with Crippen LogP contribution in [-0.2, 0) is 22.7 Å². The van der Waals surface area contributed by atoms with Gasteiger partial charge < -0.3 is 0 Å². The number of nitrogens with zero attached hydrogens (tertiary/aromatic N) is 3. The number of nitrogens with one attached hydrogen (secondary N) is 1. The van der Waals surface area contributed by atoms with E-state index in [2.05, 4.69) is 27.8 Å². The number of hydrogen-bond acceptors (Lipinski definition) is 5. The Kier molecular flexibility index (Phi) is 7.10. The van der Waals surface area contributed by atoms with Crippen molar-refractivity contribution in [1.82, 2.24) is 20.2 Å². The van der Waals surface area contributed by atoms with Crippen molar-refractivity contribution < 1.29 is 9.63 Å². The zero-order valence-corrected chi connectivity index (χ0v) is 17.7. The maximum atomic E-state index is 12.2. The SMILES string of the molecule is O=C(CSc1nnc(Cc2ccccc2)n1-c1ccccc1)NOCc1ccccc1. The number of hydrogen-bond donors (Lipinski definition) is 1. The highest BCUT2D eigenvalue weighted by Gasteiger charge is 2.16. The summed E-state index contributed by atoms with van der Waals surface area (Å²) < 4.78 is 2.00. The topological polar surface area (TPSA) is 69.0 Å². The Morgan fingerprint density at radius 2 is 1.45 bits per heavy atom. The second kappa shape index (κ2) is 10.6. The van der Waals surface area contributed by atoms with Crippen LogP contribution in [0.4, 0.5) is 0 Å². The van der Waals surface area contributed by atoms with Gasteiger partial charge in [0.05, 0.1) is 12.4 Å². The van der Waals surface area contributed by atoms with Gasteiger partial charge in [0.2, 0.25) is 0 Å². The lowest BCUT2D eigenvalue weighted by Crippen LogP contribution is -2.25. The lowest BCUT2D eigenvalue weighted by Gasteiger charge is -2.10. The third-order valence-electron chi connectivity index (χ3n) is 4.52. The van der Waals surface area contributed by atoms with Gasteiger partial charge in [0.25, 0.3) is 5.91 Å². The number of thioether (sulfide) groups is 1. The van der Waals surface area contributed by atoms with Crippen LogP contribution in [0.25, 0.3) is 5.69 Å².